The molecule has 0 fully saturated rings. The number of rotatable bonds is 2. The van der Waals surface area contributed by atoms with Crippen LogP contribution in [0.25, 0.3) is 12.2 Å². The average molecular weight is 230 g/mol. The predicted octanol–water partition coefficient (Wildman–Crippen LogP) is 3.81. The van der Waals surface area contributed by atoms with Crippen molar-refractivity contribution in [1.82, 2.24) is 0 Å². The first kappa shape index (κ1) is 13.1. The fraction of sp³-hybridized carbons (Fsp3) is 0. The van der Waals surface area contributed by atoms with Crippen LogP contribution in [0.1, 0.15) is 11.1 Å². The van der Waals surface area contributed by atoms with Crippen molar-refractivity contribution in [1.29, 1.82) is 0 Å². The molecule has 0 aromatic heterocycles. The van der Waals surface area contributed by atoms with Crippen LogP contribution >= 0.6 is 0 Å². The molecule has 0 radical (unpaired) electrons. The molecule has 2 aromatic rings. The molecule has 0 spiro atoms. The van der Waals surface area contributed by atoms with Crippen LogP contribution in [0.15, 0.2) is 60.7 Å². The van der Waals surface area contributed by atoms with Gasteiger partial charge in [-0.3, -0.25) is 0 Å². The molecule has 0 aliphatic rings. The Hall–Kier alpha value is -1.94. The first-order valence-electron chi connectivity index (χ1n) is 5.10. The molecule has 3 heteroatoms. The molecule has 0 aliphatic heterocycles. The standard InChI is InChI=1S/C14H12.H2O3/c1-3-7-13(8-4-1)11-12-14-9-5-2-6-10-14;1-3-2/h1-12H;1-2H. The highest BCUT2D eigenvalue weighted by molar-refractivity contribution is 5.69. The molecule has 0 amide bonds. The Labute approximate surface area is 100 Å². The lowest BCUT2D eigenvalue weighted by Crippen LogP contribution is -1.70. The van der Waals surface area contributed by atoms with E-state index in [1.165, 1.54) is 11.1 Å². The summed E-state index contributed by atoms with van der Waals surface area (Å²) in [4.78, 5) is 0. The summed E-state index contributed by atoms with van der Waals surface area (Å²) < 4.78 is 0. The number of benzene rings is 2. The zero-order valence-corrected chi connectivity index (χ0v) is 9.23. The van der Waals surface area contributed by atoms with Crippen molar-refractivity contribution < 1.29 is 15.6 Å². The molecule has 88 valence electrons. The third kappa shape index (κ3) is 5.63. The first-order valence-corrected chi connectivity index (χ1v) is 5.10. The van der Waals surface area contributed by atoms with Crippen molar-refractivity contribution in [2.45, 2.75) is 0 Å². The van der Waals surface area contributed by atoms with Gasteiger partial charge in [-0.2, -0.15) is 0 Å². The summed E-state index contributed by atoms with van der Waals surface area (Å²) in [5, 5.41) is 15.5. The van der Waals surface area contributed by atoms with Crippen LogP contribution < -0.4 is 0 Å². The van der Waals surface area contributed by atoms with Crippen LogP contribution in [0.2, 0.25) is 0 Å². The zero-order valence-electron chi connectivity index (χ0n) is 9.23. The van der Waals surface area contributed by atoms with Crippen molar-refractivity contribution in [3.05, 3.63) is 71.8 Å². The second kappa shape index (κ2) is 8.24. The highest BCUT2D eigenvalue weighted by atomic mass is 17.4. The van der Waals surface area contributed by atoms with Crippen LogP contribution in [-0.2, 0) is 5.04 Å². The van der Waals surface area contributed by atoms with E-state index in [4.69, 9.17) is 10.5 Å². The van der Waals surface area contributed by atoms with Gasteiger partial charge in [0.2, 0.25) is 0 Å². The van der Waals surface area contributed by atoms with E-state index >= 15 is 0 Å². The minimum atomic E-state index is 1.23. The zero-order chi connectivity index (χ0) is 12.3. The van der Waals surface area contributed by atoms with E-state index in [2.05, 4.69) is 41.5 Å². The quantitative estimate of drug-likeness (QED) is 0.468. The summed E-state index contributed by atoms with van der Waals surface area (Å²) >= 11 is 0. The van der Waals surface area contributed by atoms with E-state index in [9.17, 15) is 0 Å². The first-order chi connectivity index (χ1) is 8.36. The van der Waals surface area contributed by atoms with Gasteiger partial charge in [0.05, 0.1) is 0 Å². The van der Waals surface area contributed by atoms with Gasteiger partial charge in [-0.05, 0) is 11.1 Å². The summed E-state index contributed by atoms with van der Waals surface area (Å²) in [6.45, 7) is 0. The molecule has 2 N–H and O–H groups in total. The Bertz CT molecular complexity index is 382. The molecule has 0 heterocycles. The SMILES string of the molecule is C(=Cc1ccccc1)c1ccccc1.OOO. The second-order valence-corrected chi connectivity index (χ2v) is 3.24. The van der Waals surface area contributed by atoms with Crippen LogP contribution in [-0.4, -0.2) is 10.5 Å². The van der Waals surface area contributed by atoms with Crippen LogP contribution in [0.5, 0.6) is 0 Å². The van der Waals surface area contributed by atoms with Crippen LogP contribution in [0.3, 0.4) is 0 Å². The predicted molar refractivity (Wildman–Crippen MR) is 68.2 cm³/mol. The van der Waals surface area contributed by atoms with Gasteiger partial charge in [0.15, 0.2) is 0 Å². The van der Waals surface area contributed by atoms with Crippen molar-refractivity contribution in [2.24, 2.45) is 0 Å². The maximum atomic E-state index is 6.62. The summed E-state index contributed by atoms with van der Waals surface area (Å²) in [5.41, 5.74) is 2.47. The Morgan fingerprint density at radius 3 is 1.24 bits per heavy atom. The topological polar surface area (TPSA) is 49.7 Å². The molecule has 2 rings (SSSR count). The Balaban J connectivity index is 0.000000437. The lowest BCUT2D eigenvalue weighted by atomic mass is 10.1. The Kier molecular flexibility index (Phi) is 6.36. The second-order valence-electron chi connectivity index (χ2n) is 3.24. The van der Waals surface area contributed by atoms with Crippen molar-refractivity contribution in [3.63, 3.8) is 0 Å². The number of hydrogen-bond donors (Lipinski definition) is 2. The molecule has 0 saturated heterocycles. The highest BCUT2D eigenvalue weighted by Crippen LogP contribution is 2.06. The Morgan fingerprint density at radius 1 is 0.647 bits per heavy atom. The van der Waals surface area contributed by atoms with Crippen molar-refractivity contribution in [3.8, 4) is 0 Å². The van der Waals surface area contributed by atoms with Crippen molar-refractivity contribution in [2.75, 3.05) is 0 Å². The lowest BCUT2D eigenvalue weighted by molar-refractivity contribution is -0.465. The largest absolute Gasteiger partial charge is 0.221 e. The molecular formula is C14H14O3. The van der Waals surface area contributed by atoms with Gasteiger partial charge >= 0.3 is 0 Å². The third-order valence-corrected chi connectivity index (χ3v) is 2.07. The maximum absolute atomic E-state index is 6.62. The van der Waals surface area contributed by atoms with Gasteiger partial charge in [0.25, 0.3) is 0 Å². The van der Waals surface area contributed by atoms with E-state index in [1.54, 1.807) is 0 Å². The molecule has 0 saturated carbocycles. The van der Waals surface area contributed by atoms with Gasteiger partial charge < -0.3 is 0 Å². The van der Waals surface area contributed by atoms with Gasteiger partial charge in [0, 0.05) is 0 Å². The van der Waals surface area contributed by atoms with Crippen LogP contribution in [0, 0.1) is 0 Å². The van der Waals surface area contributed by atoms with Gasteiger partial charge in [-0.1, -0.05) is 77.9 Å². The van der Waals surface area contributed by atoms with E-state index < -0.39 is 0 Å². The average Bonchev–Trinajstić information content (AvgIpc) is 2.40. The van der Waals surface area contributed by atoms with E-state index in [0.29, 0.717) is 0 Å². The normalized spacial score (nSPS) is 9.76. The molecule has 0 bridgehead atoms. The number of hydrogen-bond acceptors (Lipinski definition) is 3. The molecule has 0 atom stereocenters. The molecule has 17 heavy (non-hydrogen) atoms. The summed E-state index contributed by atoms with van der Waals surface area (Å²) in [5.74, 6) is 0. The summed E-state index contributed by atoms with van der Waals surface area (Å²) in [7, 11) is 0. The highest BCUT2D eigenvalue weighted by Gasteiger charge is 1.84. The fourth-order valence-electron chi connectivity index (χ4n) is 1.32. The minimum absolute atomic E-state index is 1.23. The Morgan fingerprint density at radius 2 is 0.941 bits per heavy atom. The van der Waals surface area contributed by atoms with E-state index in [-0.39, 0.29) is 0 Å². The van der Waals surface area contributed by atoms with Gasteiger partial charge in [0.1, 0.15) is 0 Å². The van der Waals surface area contributed by atoms with Gasteiger partial charge in [-0.25, -0.2) is 10.5 Å². The summed E-state index contributed by atoms with van der Waals surface area (Å²) in [6, 6.07) is 20.6. The van der Waals surface area contributed by atoms with E-state index in [1.807, 2.05) is 36.4 Å². The third-order valence-electron chi connectivity index (χ3n) is 2.07. The smallest absolute Gasteiger partial charge is 0.0256 e. The van der Waals surface area contributed by atoms with Crippen molar-refractivity contribution >= 4 is 12.2 Å². The summed E-state index contributed by atoms with van der Waals surface area (Å²) in [6.07, 6.45) is 4.24. The maximum Gasteiger partial charge on any atom is -0.0256 e. The lowest BCUT2D eigenvalue weighted by Gasteiger charge is -1.92. The van der Waals surface area contributed by atoms with Crippen LogP contribution in [0.4, 0.5) is 0 Å². The molecular weight excluding hydrogens is 216 g/mol. The molecule has 0 aliphatic carbocycles. The fourth-order valence-corrected chi connectivity index (χ4v) is 1.32. The molecule has 2 aromatic carbocycles. The monoisotopic (exact) mass is 230 g/mol. The van der Waals surface area contributed by atoms with E-state index in [0.717, 1.165) is 0 Å². The molecule has 0 unspecified atom stereocenters. The van der Waals surface area contributed by atoms with Gasteiger partial charge in [-0.15, -0.1) is 0 Å². The molecule has 3 nitrogen and oxygen atoms in total. The minimum Gasteiger partial charge on any atom is -0.221 e.